The molecule has 1 aromatic rings. The molecule has 0 aromatic heterocycles. The molecule has 2 bridgehead atoms. The molecule has 0 aliphatic carbocycles. The Morgan fingerprint density at radius 1 is 1.19 bits per heavy atom. The Morgan fingerprint density at radius 3 is 2.62 bits per heavy atom. The van der Waals surface area contributed by atoms with Crippen molar-refractivity contribution in [3.05, 3.63) is 17.7 Å². The van der Waals surface area contributed by atoms with Crippen LogP contribution in [0.1, 0.15) is 37.7 Å². The number of hydrogen-bond acceptors (Lipinski definition) is 4. The zero-order valence-electron chi connectivity index (χ0n) is 12.0. The number of anilines is 3. The second-order valence-corrected chi connectivity index (χ2v) is 6.53. The van der Waals surface area contributed by atoms with Crippen molar-refractivity contribution >= 4 is 23.0 Å². The van der Waals surface area contributed by atoms with Gasteiger partial charge in [-0.25, -0.2) is 0 Å². The zero-order chi connectivity index (χ0) is 14.6. The molecule has 2 unspecified atom stereocenters. The summed E-state index contributed by atoms with van der Waals surface area (Å²) >= 11 is 0. The maximum Gasteiger partial charge on any atom is 0.224 e. The Balaban J connectivity index is 1.72. The second kappa shape index (κ2) is 4.63. The van der Waals surface area contributed by atoms with Crippen molar-refractivity contribution in [1.82, 2.24) is 0 Å². The Hall–Kier alpha value is -1.75. The van der Waals surface area contributed by atoms with Gasteiger partial charge in [0.05, 0.1) is 17.5 Å². The average Bonchev–Trinajstić information content (AvgIpc) is 2.70. The molecular formula is C16H21N3O2. The zero-order valence-corrected chi connectivity index (χ0v) is 12.0. The number of nitrogens with zero attached hydrogens (tertiary/aromatic N) is 1. The first-order valence-electron chi connectivity index (χ1n) is 7.80. The van der Waals surface area contributed by atoms with Crippen LogP contribution in [-0.4, -0.2) is 29.2 Å². The fourth-order valence-corrected chi connectivity index (χ4v) is 4.20. The van der Waals surface area contributed by atoms with Crippen molar-refractivity contribution in [2.24, 2.45) is 0 Å². The number of piperidine rings is 1. The van der Waals surface area contributed by atoms with Gasteiger partial charge in [0.25, 0.3) is 0 Å². The summed E-state index contributed by atoms with van der Waals surface area (Å²) in [7, 11) is 0. The monoisotopic (exact) mass is 287 g/mol. The quantitative estimate of drug-likeness (QED) is 0.686. The number of amides is 1. The van der Waals surface area contributed by atoms with E-state index in [1.165, 1.54) is 0 Å². The molecule has 3 aliphatic heterocycles. The lowest BCUT2D eigenvalue weighted by Crippen LogP contribution is -2.45. The Labute approximate surface area is 124 Å². The number of benzene rings is 1. The van der Waals surface area contributed by atoms with Crippen LogP contribution in [0.5, 0.6) is 0 Å². The first-order valence-corrected chi connectivity index (χ1v) is 7.80. The number of aliphatic hydroxyl groups excluding tert-OH is 1. The number of carbonyl (C=O) groups is 1. The highest BCUT2D eigenvalue weighted by Crippen LogP contribution is 2.43. The first kappa shape index (κ1) is 13.0. The summed E-state index contributed by atoms with van der Waals surface area (Å²) in [5.74, 6) is 0.0789. The summed E-state index contributed by atoms with van der Waals surface area (Å²) in [6.07, 6.45) is 4.98. The summed E-state index contributed by atoms with van der Waals surface area (Å²) in [5.41, 5.74) is 10.1. The van der Waals surface area contributed by atoms with Crippen LogP contribution in [0.25, 0.3) is 0 Å². The van der Waals surface area contributed by atoms with Gasteiger partial charge in [-0.15, -0.1) is 0 Å². The van der Waals surface area contributed by atoms with E-state index in [2.05, 4.69) is 10.2 Å². The maximum absolute atomic E-state index is 11.6. The molecule has 21 heavy (non-hydrogen) atoms. The number of nitrogens with one attached hydrogen (secondary N) is 1. The van der Waals surface area contributed by atoms with Gasteiger partial charge in [0.2, 0.25) is 5.91 Å². The molecule has 1 amide bonds. The van der Waals surface area contributed by atoms with E-state index in [1.54, 1.807) is 0 Å². The van der Waals surface area contributed by atoms with Crippen LogP contribution in [0.3, 0.4) is 0 Å². The Kier molecular flexibility index (Phi) is 2.85. The molecule has 0 spiro atoms. The molecule has 5 heteroatoms. The lowest BCUT2D eigenvalue weighted by molar-refractivity contribution is -0.116. The van der Waals surface area contributed by atoms with E-state index in [9.17, 15) is 9.90 Å². The van der Waals surface area contributed by atoms with Gasteiger partial charge in [0.1, 0.15) is 0 Å². The summed E-state index contributed by atoms with van der Waals surface area (Å²) in [6.45, 7) is 0. The summed E-state index contributed by atoms with van der Waals surface area (Å²) in [5, 5.41) is 12.9. The van der Waals surface area contributed by atoms with Gasteiger partial charge >= 0.3 is 0 Å². The number of carbonyl (C=O) groups excluding carboxylic acids is 1. The number of rotatable bonds is 1. The van der Waals surface area contributed by atoms with Crippen LogP contribution in [0.2, 0.25) is 0 Å². The van der Waals surface area contributed by atoms with Crippen molar-refractivity contribution in [2.75, 3.05) is 16.0 Å². The highest BCUT2D eigenvalue weighted by Gasteiger charge is 2.41. The first-order chi connectivity index (χ1) is 10.1. The average molecular weight is 287 g/mol. The smallest absolute Gasteiger partial charge is 0.224 e. The fourth-order valence-electron chi connectivity index (χ4n) is 4.20. The van der Waals surface area contributed by atoms with E-state index in [0.717, 1.165) is 54.7 Å². The number of aryl methyl sites for hydroxylation is 1. The maximum atomic E-state index is 11.6. The van der Waals surface area contributed by atoms with Crippen LogP contribution in [0.4, 0.5) is 17.1 Å². The van der Waals surface area contributed by atoms with Crippen molar-refractivity contribution in [2.45, 2.75) is 56.7 Å². The largest absolute Gasteiger partial charge is 0.397 e. The number of nitrogen functional groups attached to an aromatic ring is 1. The predicted molar refractivity (Wildman–Crippen MR) is 82.3 cm³/mol. The van der Waals surface area contributed by atoms with Gasteiger partial charge in [-0.1, -0.05) is 0 Å². The van der Waals surface area contributed by atoms with Crippen LogP contribution in [0.15, 0.2) is 12.1 Å². The fraction of sp³-hybridized carbons (Fsp3) is 0.562. The van der Waals surface area contributed by atoms with Gasteiger partial charge in [-0.3, -0.25) is 4.79 Å². The van der Waals surface area contributed by atoms with Crippen LogP contribution in [0, 0.1) is 0 Å². The third-order valence-corrected chi connectivity index (χ3v) is 5.13. The molecular weight excluding hydrogens is 266 g/mol. The van der Waals surface area contributed by atoms with Crippen molar-refractivity contribution in [1.29, 1.82) is 0 Å². The van der Waals surface area contributed by atoms with Crippen LogP contribution >= 0.6 is 0 Å². The highest BCUT2D eigenvalue weighted by atomic mass is 16.3. The number of nitrogens with two attached hydrogens (primary N) is 1. The van der Waals surface area contributed by atoms with Gasteiger partial charge in [0.15, 0.2) is 0 Å². The normalized spacial score (nSPS) is 31.0. The highest BCUT2D eigenvalue weighted by molar-refractivity contribution is 5.95. The second-order valence-electron chi connectivity index (χ2n) is 6.53. The topological polar surface area (TPSA) is 78.6 Å². The van der Waals surface area contributed by atoms with Crippen LogP contribution in [-0.2, 0) is 11.2 Å². The van der Waals surface area contributed by atoms with E-state index in [1.807, 2.05) is 12.1 Å². The van der Waals surface area contributed by atoms with Crippen molar-refractivity contribution in [3.63, 3.8) is 0 Å². The molecule has 3 heterocycles. The minimum absolute atomic E-state index is 0.0789. The lowest BCUT2D eigenvalue weighted by Gasteiger charge is -2.40. The molecule has 1 aromatic carbocycles. The van der Waals surface area contributed by atoms with Crippen molar-refractivity contribution < 1.29 is 9.90 Å². The minimum Gasteiger partial charge on any atom is -0.397 e. The SMILES string of the molecule is Nc1cc2c(cc1N1C3CCC1CC(O)C3)NC(=O)CC2. The van der Waals surface area contributed by atoms with E-state index in [4.69, 9.17) is 5.73 Å². The lowest BCUT2D eigenvalue weighted by atomic mass is 9.96. The molecule has 4 N–H and O–H groups in total. The van der Waals surface area contributed by atoms with E-state index in [0.29, 0.717) is 18.5 Å². The predicted octanol–water partition coefficient (Wildman–Crippen LogP) is 1.65. The van der Waals surface area contributed by atoms with Gasteiger partial charge < -0.3 is 21.1 Å². The molecule has 0 radical (unpaired) electrons. The molecule has 112 valence electrons. The standard InChI is InChI=1S/C16H21N3O2/c17-13-5-9-1-4-16(21)18-14(9)8-15(13)19-10-2-3-11(19)7-12(20)6-10/h5,8,10-12,20H,1-4,6-7,17H2,(H,18,21). The summed E-state index contributed by atoms with van der Waals surface area (Å²) < 4.78 is 0. The number of hydrogen-bond donors (Lipinski definition) is 3. The summed E-state index contributed by atoms with van der Waals surface area (Å²) in [4.78, 5) is 14.0. The van der Waals surface area contributed by atoms with E-state index >= 15 is 0 Å². The van der Waals surface area contributed by atoms with Gasteiger partial charge in [-0.2, -0.15) is 0 Å². The minimum atomic E-state index is -0.183. The van der Waals surface area contributed by atoms with Crippen LogP contribution < -0.4 is 16.0 Å². The molecule has 0 saturated carbocycles. The molecule has 5 nitrogen and oxygen atoms in total. The third-order valence-electron chi connectivity index (χ3n) is 5.13. The number of fused-ring (bicyclic) bond motifs is 3. The van der Waals surface area contributed by atoms with E-state index < -0.39 is 0 Å². The molecule has 2 fully saturated rings. The van der Waals surface area contributed by atoms with E-state index in [-0.39, 0.29) is 12.0 Å². The van der Waals surface area contributed by atoms with Gasteiger partial charge in [0, 0.05) is 24.2 Å². The van der Waals surface area contributed by atoms with Gasteiger partial charge in [-0.05, 0) is 49.8 Å². The molecule has 2 saturated heterocycles. The third kappa shape index (κ3) is 2.07. The molecule has 3 aliphatic rings. The molecule has 2 atom stereocenters. The molecule has 4 rings (SSSR count). The Morgan fingerprint density at radius 2 is 1.90 bits per heavy atom. The number of aliphatic hydroxyl groups is 1. The van der Waals surface area contributed by atoms with Crippen molar-refractivity contribution in [3.8, 4) is 0 Å². The Bertz CT molecular complexity index is 587. The summed E-state index contributed by atoms with van der Waals surface area (Å²) in [6, 6.07) is 4.79.